The quantitative estimate of drug-likeness (QED) is 0.733. The molecule has 0 fully saturated rings. The number of carbonyl (C=O) groups excluding carboxylic acids is 2. The van der Waals surface area contributed by atoms with Crippen molar-refractivity contribution in [2.45, 2.75) is 20.0 Å². The minimum atomic E-state index is -0.445. The molecule has 0 N–H and O–H groups in total. The number of nitrogens with zero attached hydrogens (tertiary/aromatic N) is 1. The summed E-state index contributed by atoms with van der Waals surface area (Å²) < 4.78 is 6.85. The van der Waals surface area contributed by atoms with E-state index in [4.69, 9.17) is 4.74 Å². The summed E-state index contributed by atoms with van der Waals surface area (Å²) in [6.45, 7) is 1.76. The lowest BCUT2D eigenvalue weighted by molar-refractivity contribution is -0.116. The molecule has 0 atom stereocenters. The molecule has 0 unspecified atom stereocenters. The molecule has 4 nitrogen and oxygen atoms in total. The molecule has 0 saturated heterocycles. The van der Waals surface area contributed by atoms with E-state index in [2.05, 4.69) is 0 Å². The largest absolute Gasteiger partial charge is 0.444 e. The van der Waals surface area contributed by atoms with E-state index >= 15 is 0 Å². The van der Waals surface area contributed by atoms with Crippen molar-refractivity contribution in [3.63, 3.8) is 0 Å². The van der Waals surface area contributed by atoms with E-state index in [0.717, 1.165) is 22.0 Å². The van der Waals surface area contributed by atoms with E-state index in [9.17, 15) is 9.59 Å². The summed E-state index contributed by atoms with van der Waals surface area (Å²) in [4.78, 5) is 23.8. The van der Waals surface area contributed by atoms with Gasteiger partial charge < -0.3 is 4.74 Å². The van der Waals surface area contributed by atoms with Crippen molar-refractivity contribution in [3.05, 3.63) is 71.9 Å². The van der Waals surface area contributed by atoms with Crippen molar-refractivity contribution in [3.8, 4) is 0 Å². The Morgan fingerprint density at radius 2 is 1.70 bits per heavy atom. The van der Waals surface area contributed by atoms with E-state index in [1.54, 1.807) is 13.1 Å². The Kier molecular flexibility index (Phi) is 4.24. The van der Waals surface area contributed by atoms with Crippen LogP contribution in [0.2, 0.25) is 0 Å². The zero-order valence-electron chi connectivity index (χ0n) is 12.9. The van der Waals surface area contributed by atoms with Crippen molar-refractivity contribution in [2.24, 2.45) is 0 Å². The summed E-state index contributed by atoms with van der Waals surface area (Å²) >= 11 is 0. The number of fused-ring (bicyclic) bond motifs is 1. The second kappa shape index (κ2) is 6.48. The Morgan fingerprint density at radius 1 is 1.00 bits per heavy atom. The van der Waals surface area contributed by atoms with E-state index in [0.29, 0.717) is 6.42 Å². The summed E-state index contributed by atoms with van der Waals surface area (Å²) in [6, 6.07) is 17.0. The number of ether oxygens (including phenoxy) is 1. The maximum Gasteiger partial charge on any atom is 0.418 e. The predicted molar refractivity (Wildman–Crippen MR) is 88.3 cm³/mol. The second-order valence-electron chi connectivity index (χ2n) is 5.46. The number of Topliss-reactive ketones (excluding diaryl/α,β-unsaturated/α-hetero) is 1. The molecule has 23 heavy (non-hydrogen) atoms. The average Bonchev–Trinajstić information content (AvgIpc) is 2.92. The third-order valence-corrected chi connectivity index (χ3v) is 3.64. The van der Waals surface area contributed by atoms with Crippen molar-refractivity contribution in [2.75, 3.05) is 0 Å². The second-order valence-corrected chi connectivity index (χ2v) is 5.46. The van der Waals surface area contributed by atoms with Gasteiger partial charge in [-0.25, -0.2) is 4.79 Å². The number of rotatable bonds is 4. The zero-order chi connectivity index (χ0) is 16.2. The maximum absolute atomic E-state index is 12.4. The minimum absolute atomic E-state index is 0.0607. The number of para-hydroxylation sites is 1. The van der Waals surface area contributed by atoms with Gasteiger partial charge in [-0.15, -0.1) is 0 Å². The topological polar surface area (TPSA) is 48.3 Å². The van der Waals surface area contributed by atoms with Gasteiger partial charge in [-0.1, -0.05) is 48.5 Å². The molecule has 1 heterocycles. The molecule has 0 aliphatic rings. The van der Waals surface area contributed by atoms with Crippen molar-refractivity contribution in [1.82, 2.24) is 4.57 Å². The van der Waals surface area contributed by atoms with Gasteiger partial charge in [0.25, 0.3) is 0 Å². The van der Waals surface area contributed by atoms with Crippen molar-refractivity contribution < 1.29 is 14.3 Å². The molecule has 116 valence electrons. The molecule has 0 aliphatic carbocycles. The van der Waals surface area contributed by atoms with E-state index in [1.807, 2.05) is 54.6 Å². The molecule has 3 aromatic rings. The summed E-state index contributed by atoms with van der Waals surface area (Å²) in [5, 5.41) is 0.902. The summed E-state index contributed by atoms with van der Waals surface area (Å²) in [6.07, 6.45) is 1.55. The van der Waals surface area contributed by atoms with Crippen molar-refractivity contribution in [1.29, 1.82) is 0 Å². The average molecular weight is 307 g/mol. The number of aromatic nitrogens is 1. The van der Waals surface area contributed by atoms with Crippen LogP contribution in [0.25, 0.3) is 10.9 Å². The third-order valence-electron chi connectivity index (χ3n) is 3.64. The van der Waals surface area contributed by atoms with Gasteiger partial charge in [0.05, 0.1) is 5.52 Å². The summed E-state index contributed by atoms with van der Waals surface area (Å²) in [5.74, 6) is 0.0607. The van der Waals surface area contributed by atoms with Crippen LogP contribution in [0, 0.1) is 0 Å². The third kappa shape index (κ3) is 3.31. The predicted octanol–water partition coefficient (Wildman–Crippen LogP) is 3.96. The van der Waals surface area contributed by atoms with Gasteiger partial charge in [0, 0.05) is 18.0 Å². The molecule has 0 saturated carbocycles. The molecule has 0 aliphatic heterocycles. The first-order chi connectivity index (χ1) is 11.1. The van der Waals surface area contributed by atoms with Crippen LogP contribution < -0.4 is 0 Å². The highest BCUT2D eigenvalue weighted by Gasteiger charge is 2.15. The molecule has 0 radical (unpaired) electrons. The van der Waals surface area contributed by atoms with E-state index in [-0.39, 0.29) is 12.4 Å². The Morgan fingerprint density at radius 3 is 2.43 bits per heavy atom. The molecule has 0 amide bonds. The first-order valence-electron chi connectivity index (χ1n) is 7.44. The van der Waals surface area contributed by atoms with Gasteiger partial charge in [-0.2, -0.15) is 0 Å². The lowest BCUT2D eigenvalue weighted by Crippen LogP contribution is -2.12. The Balaban J connectivity index is 1.86. The smallest absolute Gasteiger partial charge is 0.418 e. The van der Waals surface area contributed by atoms with Crippen LogP contribution in [0.15, 0.2) is 60.8 Å². The molecule has 4 heteroatoms. The molecule has 2 aromatic carbocycles. The van der Waals surface area contributed by atoms with E-state index in [1.165, 1.54) is 4.57 Å². The van der Waals surface area contributed by atoms with Gasteiger partial charge in [0.15, 0.2) is 0 Å². The summed E-state index contributed by atoms with van der Waals surface area (Å²) in [7, 11) is 0. The van der Waals surface area contributed by atoms with Crippen LogP contribution in [0.5, 0.6) is 0 Å². The van der Waals surface area contributed by atoms with Crippen LogP contribution in [-0.4, -0.2) is 16.4 Å². The standard InChI is InChI=1S/C19H17NO3/c1-14(21)11-16-12-20(18-10-6-5-9-17(16)18)19(22)23-13-15-7-3-2-4-8-15/h2-10,12H,11,13H2,1H3. The zero-order valence-corrected chi connectivity index (χ0v) is 12.9. The first kappa shape index (κ1) is 15.0. The Labute approximate surface area is 134 Å². The molecule has 3 rings (SSSR count). The SMILES string of the molecule is CC(=O)Cc1cn(C(=O)OCc2ccccc2)c2ccccc12. The summed E-state index contributed by atoms with van der Waals surface area (Å²) in [5.41, 5.74) is 2.52. The van der Waals surface area contributed by atoms with Crippen LogP contribution in [0.1, 0.15) is 18.1 Å². The number of hydrogen-bond donors (Lipinski definition) is 0. The molecule has 1 aromatic heterocycles. The fourth-order valence-corrected chi connectivity index (χ4v) is 2.60. The van der Waals surface area contributed by atoms with E-state index < -0.39 is 6.09 Å². The molecule has 0 bridgehead atoms. The number of carbonyl (C=O) groups is 2. The molecule has 0 spiro atoms. The lowest BCUT2D eigenvalue weighted by atomic mass is 10.1. The van der Waals surface area contributed by atoms with Crippen molar-refractivity contribution >= 4 is 22.8 Å². The van der Waals surface area contributed by atoms with Gasteiger partial charge in [0.1, 0.15) is 12.4 Å². The highest BCUT2D eigenvalue weighted by Crippen LogP contribution is 2.22. The van der Waals surface area contributed by atoms with Crippen LogP contribution in [0.4, 0.5) is 4.79 Å². The number of benzene rings is 2. The minimum Gasteiger partial charge on any atom is -0.444 e. The highest BCUT2D eigenvalue weighted by molar-refractivity contribution is 5.94. The fourth-order valence-electron chi connectivity index (χ4n) is 2.60. The molecular formula is C19H17NO3. The van der Waals surface area contributed by atoms with Gasteiger partial charge in [0.2, 0.25) is 0 Å². The lowest BCUT2D eigenvalue weighted by Gasteiger charge is -2.06. The Bertz CT molecular complexity index is 849. The Hall–Kier alpha value is -2.88. The fraction of sp³-hybridized carbons (Fsp3) is 0.158. The number of ketones is 1. The van der Waals surface area contributed by atoms with Gasteiger partial charge >= 0.3 is 6.09 Å². The molecular weight excluding hydrogens is 290 g/mol. The first-order valence-corrected chi connectivity index (χ1v) is 7.44. The highest BCUT2D eigenvalue weighted by atomic mass is 16.5. The van der Waals surface area contributed by atoms with Gasteiger partial charge in [-0.05, 0) is 24.1 Å². The van der Waals surface area contributed by atoms with Crippen LogP contribution in [-0.2, 0) is 22.6 Å². The van der Waals surface area contributed by atoms with Gasteiger partial charge in [-0.3, -0.25) is 9.36 Å². The van der Waals surface area contributed by atoms with Crippen LogP contribution >= 0.6 is 0 Å². The normalized spacial score (nSPS) is 10.7. The van der Waals surface area contributed by atoms with Crippen LogP contribution in [0.3, 0.4) is 0 Å². The monoisotopic (exact) mass is 307 g/mol. The maximum atomic E-state index is 12.4. The number of hydrogen-bond acceptors (Lipinski definition) is 3.